The Morgan fingerprint density at radius 3 is 2.56 bits per heavy atom. The number of ketones is 1. The Hall–Kier alpha value is -2.08. The van der Waals surface area contributed by atoms with Gasteiger partial charge in [-0.15, -0.1) is 0 Å². The van der Waals surface area contributed by atoms with Gasteiger partial charge in [-0.1, -0.05) is 12.1 Å². The predicted molar refractivity (Wildman–Crippen MR) is 95.9 cm³/mol. The molecule has 2 aromatic rings. The maximum atomic E-state index is 13.6. The van der Waals surface area contributed by atoms with Gasteiger partial charge in [0.2, 0.25) is 0 Å². The fourth-order valence-corrected chi connectivity index (χ4v) is 2.94. The van der Waals surface area contributed by atoms with Gasteiger partial charge < -0.3 is 9.47 Å². The number of methoxy groups -OCH3 is 2. The lowest BCUT2D eigenvalue weighted by molar-refractivity contribution is 0.0976. The Balaban J connectivity index is 1.99. The number of hydrogen-bond acceptors (Lipinski definition) is 4. The van der Waals surface area contributed by atoms with Crippen molar-refractivity contribution < 1.29 is 23.0 Å². The van der Waals surface area contributed by atoms with E-state index in [-0.39, 0.29) is 23.0 Å². The average molecular weight is 366 g/mol. The highest BCUT2D eigenvalue weighted by Gasteiger charge is 2.17. The van der Waals surface area contributed by atoms with Crippen LogP contribution in [0.15, 0.2) is 36.4 Å². The fraction of sp³-hybridized carbons (Fsp3) is 0.316. The molecule has 2 rings (SSSR count). The van der Waals surface area contributed by atoms with Crippen LogP contribution >= 0.6 is 12.6 Å². The van der Waals surface area contributed by atoms with E-state index in [0.717, 1.165) is 11.6 Å². The molecule has 0 aromatic heterocycles. The molecule has 0 aliphatic heterocycles. The molecular formula is C19H20F2O3S. The first-order valence-electron chi connectivity index (χ1n) is 7.82. The van der Waals surface area contributed by atoms with E-state index in [1.807, 2.05) is 12.1 Å². The number of thiol groups is 1. The molecule has 0 N–H and O–H groups in total. The standard InChI is InChI=1S/C19H20F2O3S/c1-23-18-5-3-4-12(19(18)24-2)10-14(25)7-9-17(22)15-8-6-13(20)11-16(15)21/h3-6,8,11,14,25H,7,9-10H2,1-2H3. The summed E-state index contributed by atoms with van der Waals surface area (Å²) < 4.78 is 37.2. The van der Waals surface area contributed by atoms with Gasteiger partial charge in [0.1, 0.15) is 11.6 Å². The number of ether oxygens (including phenoxy) is 2. The van der Waals surface area contributed by atoms with Crippen LogP contribution in [0.5, 0.6) is 11.5 Å². The van der Waals surface area contributed by atoms with Gasteiger partial charge in [0.15, 0.2) is 17.3 Å². The van der Waals surface area contributed by atoms with Gasteiger partial charge in [-0.3, -0.25) is 4.79 Å². The molecule has 0 aliphatic rings. The van der Waals surface area contributed by atoms with Crippen molar-refractivity contribution in [3.63, 3.8) is 0 Å². The summed E-state index contributed by atoms with van der Waals surface area (Å²) >= 11 is 4.52. The molecule has 0 fully saturated rings. The molecule has 6 heteroatoms. The lowest BCUT2D eigenvalue weighted by atomic mass is 10.0. The second-order valence-electron chi connectivity index (χ2n) is 5.60. The summed E-state index contributed by atoms with van der Waals surface area (Å²) in [5.74, 6) is -0.638. The zero-order chi connectivity index (χ0) is 18.4. The maximum Gasteiger partial charge on any atom is 0.165 e. The zero-order valence-corrected chi connectivity index (χ0v) is 15.0. The van der Waals surface area contributed by atoms with Crippen LogP contribution in [0.2, 0.25) is 0 Å². The van der Waals surface area contributed by atoms with E-state index in [1.54, 1.807) is 20.3 Å². The van der Waals surface area contributed by atoms with Crippen LogP contribution in [0, 0.1) is 11.6 Å². The van der Waals surface area contributed by atoms with Crippen molar-refractivity contribution in [3.05, 3.63) is 59.2 Å². The number of halogens is 2. The molecule has 3 nitrogen and oxygen atoms in total. The van der Waals surface area contributed by atoms with E-state index < -0.39 is 11.6 Å². The Morgan fingerprint density at radius 1 is 1.16 bits per heavy atom. The summed E-state index contributed by atoms with van der Waals surface area (Å²) in [6.07, 6.45) is 1.16. The SMILES string of the molecule is COc1cccc(CC(S)CCC(=O)c2ccc(F)cc2F)c1OC. The van der Waals surface area contributed by atoms with Gasteiger partial charge in [-0.05, 0) is 36.6 Å². The summed E-state index contributed by atoms with van der Waals surface area (Å²) in [4.78, 5) is 12.1. The van der Waals surface area contributed by atoms with Crippen LogP contribution in [-0.4, -0.2) is 25.3 Å². The predicted octanol–water partition coefficient (Wildman–Crippen LogP) is 4.49. The van der Waals surface area contributed by atoms with E-state index in [0.29, 0.717) is 30.4 Å². The first-order valence-corrected chi connectivity index (χ1v) is 8.34. The summed E-state index contributed by atoms with van der Waals surface area (Å²) in [7, 11) is 3.13. The highest BCUT2D eigenvalue weighted by molar-refractivity contribution is 7.80. The van der Waals surface area contributed by atoms with Gasteiger partial charge in [0.05, 0.1) is 19.8 Å². The quantitative estimate of drug-likeness (QED) is 0.552. The number of carbonyl (C=O) groups excluding carboxylic acids is 1. The molecular weight excluding hydrogens is 346 g/mol. The molecule has 0 saturated carbocycles. The molecule has 1 atom stereocenters. The minimum atomic E-state index is -0.838. The number of Topliss-reactive ketones (excluding diaryl/α,β-unsaturated/α-hetero) is 1. The number of hydrogen-bond donors (Lipinski definition) is 1. The van der Waals surface area contributed by atoms with Crippen LogP contribution < -0.4 is 9.47 Å². The Morgan fingerprint density at radius 2 is 1.92 bits per heavy atom. The summed E-state index contributed by atoms with van der Waals surface area (Å²) in [6, 6.07) is 8.53. The molecule has 0 saturated heterocycles. The largest absolute Gasteiger partial charge is 0.493 e. The van der Waals surface area contributed by atoms with Crippen molar-refractivity contribution in [2.45, 2.75) is 24.5 Å². The lowest BCUT2D eigenvalue weighted by Crippen LogP contribution is -2.10. The molecule has 0 amide bonds. The second-order valence-corrected chi connectivity index (χ2v) is 6.33. The molecule has 0 radical (unpaired) electrons. The van der Waals surface area contributed by atoms with Crippen molar-refractivity contribution in [2.75, 3.05) is 14.2 Å². The van der Waals surface area contributed by atoms with E-state index in [9.17, 15) is 13.6 Å². The third-order valence-electron chi connectivity index (χ3n) is 3.88. The first-order chi connectivity index (χ1) is 12.0. The summed E-state index contributed by atoms with van der Waals surface area (Å²) in [5, 5.41) is -0.117. The van der Waals surface area contributed by atoms with E-state index in [2.05, 4.69) is 12.6 Å². The van der Waals surface area contributed by atoms with Gasteiger partial charge in [-0.25, -0.2) is 8.78 Å². The van der Waals surface area contributed by atoms with Crippen LogP contribution in [-0.2, 0) is 6.42 Å². The van der Waals surface area contributed by atoms with Crippen LogP contribution in [0.4, 0.5) is 8.78 Å². The van der Waals surface area contributed by atoms with Crippen LogP contribution in [0.1, 0.15) is 28.8 Å². The van der Waals surface area contributed by atoms with Crippen molar-refractivity contribution >= 4 is 18.4 Å². The zero-order valence-electron chi connectivity index (χ0n) is 14.1. The summed E-state index contributed by atoms with van der Waals surface area (Å²) in [6.45, 7) is 0. The third-order valence-corrected chi connectivity index (χ3v) is 4.32. The Bertz CT molecular complexity index is 749. The van der Waals surface area contributed by atoms with Crippen LogP contribution in [0.25, 0.3) is 0 Å². The normalized spacial score (nSPS) is 11.9. The lowest BCUT2D eigenvalue weighted by Gasteiger charge is -2.15. The molecule has 0 aliphatic carbocycles. The van der Waals surface area contributed by atoms with Crippen molar-refractivity contribution in [3.8, 4) is 11.5 Å². The number of carbonyl (C=O) groups is 1. The van der Waals surface area contributed by atoms with Crippen molar-refractivity contribution in [1.82, 2.24) is 0 Å². The van der Waals surface area contributed by atoms with E-state index >= 15 is 0 Å². The van der Waals surface area contributed by atoms with Gasteiger partial charge >= 0.3 is 0 Å². The molecule has 0 heterocycles. The minimum absolute atomic E-state index is 0.0964. The van der Waals surface area contributed by atoms with Crippen molar-refractivity contribution in [1.29, 1.82) is 0 Å². The van der Waals surface area contributed by atoms with E-state index in [1.165, 1.54) is 6.07 Å². The summed E-state index contributed by atoms with van der Waals surface area (Å²) in [5.41, 5.74) is 0.822. The van der Waals surface area contributed by atoms with Crippen LogP contribution in [0.3, 0.4) is 0 Å². The van der Waals surface area contributed by atoms with Crippen molar-refractivity contribution in [2.24, 2.45) is 0 Å². The Kier molecular flexibility index (Phi) is 6.82. The average Bonchev–Trinajstić information content (AvgIpc) is 2.59. The minimum Gasteiger partial charge on any atom is -0.493 e. The maximum absolute atomic E-state index is 13.6. The molecule has 134 valence electrons. The van der Waals surface area contributed by atoms with E-state index in [4.69, 9.17) is 9.47 Å². The highest BCUT2D eigenvalue weighted by atomic mass is 32.1. The highest BCUT2D eigenvalue weighted by Crippen LogP contribution is 2.32. The molecule has 0 spiro atoms. The fourth-order valence-electron chi connectivity index (χ4n) is 2.62. The van der Waals surface area contributed by atoms with Gasteiger partial charge in [0.25, 0.3) is 0 Å². The smallest absolute Gasteiger partial charge is 0.165 e. The second kappa shape index (κ2) is 8.85. The topological polar surface area (TPSA) is 35.5 Å². The molecule has 0 bridgehead atoms. The molecule has 2 aromatic carbocycles. The number of rotatable bonds is 8. The Labute approximate surface area is 151 Å². The van der Waals surface area contributed by atoms with Gasteiger partial charge in [0, 0.05) is 17.7 Å². The molecule has 25 heavy (non-hydrogen) atoms. The monoisotopic (exact) mass is 366 g/mol. The first kappa shape index (κ1) is 19.2. The third kappa shape index (κ3) is 4.95. The molecule has 1 unspecified atom stereocenters. The van der Waals surface area contributed by atoms with Gasteiger partial charge in [-0.2, -0.15) is 12.6 Å². The number of para-hydroxylation sites is 1. The number of benzene rings is 2.